The van der Waals surface area contributed by atoms with Crippen LogP contribution in [0.1, 0.15) is 105 Å². The first-order valence-corrected chi connectivity index (χ1v) is 24.5. The number of alkyl carbamates (subject to hydrolysis) is 1. The van der Waals surface area contributed by atoms with Crippen LogP contribution < -0.4 is 11.1 Å². The Labute approximate surface area is 406 Å². The van der Waals surface area contributed by atoms with Crippen LogP contribution in [-0.2, 0) is 50.7 Å². The third-order valence-corrected chi connectivity index (χ3v) is 14.6. The van der Waals surface area contributed by atoms with Crippen LogP contribution in [0, 0.1) is 13.8 Å². The summed E-state index contributed by atoms with van der Waals surface area (Å²) < 4.78 is 88.8. The first-order valence-electron chi connectivity index (χ1n) is 20.9. The first kappa shape index (κ1) is 58.2. The van der Waals surface area contributed by atoms with Crippen molar-refractivity contribution in [2.45, 2.75) is 115 Å². The highest BCUT2D eigenvalue weighted by Gasteiger charge is 2.25. The van der Waals surface area contributed by atoms with E-state index in [1.54, 1.807) is 54.4 Å². The van der Waals surface area contributed by atoms with E-state index < -0.39 is 37.6 Å². The van der Waals surface area contributed by atoms with Gasteiger partial charge in [0.05, 0.1) is 34.5 Å². The molecule has 0 bridgehead atoms. The van der Waals surface area contributed by atoms with Crippen LogP contribution in [-0.4, -0.2) is 98.0 Å². The molecule has 1 amide bonds. The molecule has 4 rings (SSSR count). The molecule has 2 heterocycles. The number of amides is 1. The van der Waals surface area contributed by atoms with Gasteiger partial charge in [-0.2, -0.15) is 10.2 Å². The molecule has 0 saturated heterocycles. The molecule has 0 aliphatic rings. The zero-order valence-electron chi connectivity index (χ0n) is 40.0. The largest absolute Gasteiger partial charge is 0.444 e. The summed E-state index contributed by atoms with van der Waals surface area (Å²) in [7, 11) is -1.44. The van der Waals surface area contributed by atoms with Gasteiger partial charge in [-0.25, -0.2) is 39.0 Å². The smallest absolute Gasteiger partial charge is 0.407 e. The molecule has 0 unspecified atom stereocenters. The fraction of sp³-hybridized carbons (Fsp3) is 0.489. The monoisotopic (exact) mass is 1020 g/mol. The molecule has 0 radical (unpaired) electrons. The third kappa shape index (κ3) is 15.6. The Morgan fingerprint density at radius 1 is 0.773 bits per heavy atom. The van der Waals surface area contributed by atoms with E-state index in [9.17, 15) is 30.4 Å². The van der Waals surface area contributed by atoms with Gasteiger partial charge in [-0.05, 0) is 94.0 Å². The van der Waals surface area contributed by atoms with Gasteiger partial charge in [0.25, 0.3) is 0 Å². The van der Waals surface area contributed by atoms with E-state index in [0.717, 1.165) is 53.6 Å². The van der Waals surface area contributed by atoms with Crippen molar-refractivity contribution < 1.29 is 35.1 Å². The minimum Gasteiger partial charge on any atom is -0.444 e. The fourth-order valence-corrected chi connectivity index (χ4v) is 9.39. The minimum atomic E-state index is -3.66. The molecule has 14 nitrogen and oxygen atoms in total. The lowest BCUT2D eigenvalue weighted by atomic mass is 9.98. The van der Waals surface area contributed by atoms with Crippen LogP contribution in [0.4, 0.5) is 13.6 Å². The molecule has 0 aliphatic carbocycles. The van der Waals surface area contributed by atoms with Crippen molar-refractivity contribution in [1.29, 1.82) is 0 Å². The predicted octanol–water partition coefficient (Wildman–Crippen LogP) is 9.23. The molecule has 2 aromatic heterocycles. The number of carbonyl (C=O) groups excluding carboxylic acids is 1. The van der Waals surface area contributed by atoms with Crippen LogP contribution in [0.25, 0.3) is 0 Å². The molecular weight excluding hydrogens is 957 g/mol. The minimum absolute atomic E-state index is 0. The number of aromatic nitrogens is 4. The molecule has 0 saturated carbocycles. The molecule has 0 atom stereocenters. The predicted molar refractivity (Wildman–Crippen MR) is 261 cm³/mol. The second-order valence-corrected chi connectivity index (χ2v) is 22.5. The highest BCUT2D eigenvalue weighted by atomic mass is 35.5. The molecule has 368 valence electrons. The van der Waals surface area contributed by atoms with Gasteiger partial charge >= 0.3 is 6.09 Å². The number of ether oxygens (including phenoxy) is 1. The van der Waals surface area contributed by atoms with Gasteiger partial charge in [-0.15, -0.1) is 12.4 Å². The SMILES string of the molecule is Cc1c(Cc2ccc(S(=O)(=O)N(C)C)c(Cl)c2)c(C(C)C)nn1C/C(F)=C/CN.Cc1c(Cc2ccc(S(=O)(=O)N(C)C)c(Cl)c2)c(C(C)C)nn1C/C(F)=C/CNC(=O)OC(C)(C)C.Cl. The van der Waals surface area contributed by atoms with E-state index in [2.05, 4.69) is 15.5 Å². The Balaban J connectivity index is 0.000000457. The number of allylic oxidation sites excluding steroid dienone is 2. The summed E-state index contributed by atoms with van der Waals surface area (Å²) in [6.07, 6.45) is 2.98. The van der Waals surface area contributed by atoms with E-state index >= 15 is 0 Å². The van der Waals surface area contributed by atoms with Gasteiger partial charge < -0.3 is 15.8 Å². The molecule has 4 aromatic rings. The highest BCUT2D eigenvalue weighted by Crippen LogP contribution is 2.31. The molecular formula is C45H65Cl3F2N8O6S2. The van der Waals surface area contributed by atoms with E-state index in [1.165, 1.54) is 52.5 Å². The van der Waals surface area contributed by atoms with E-state index in [0.29, 0.717) is 12.8 Å². The molecule has 2 aromatic carbocycles. The Kier molecular flexibility index (Phi) is 21.5. The lowest BCUT2D eigenvalue weighted by Gasteiger charge is -2.19. The molecule has 66 heavy (non-hydrogen) atoms. The number of hydrogen-bond acceptors (Lipinski definition) is 9. The average molecular weight is 1020 g/mol. The van der Waals surface area contributed by atoms with Crippen molar-refractivity contribution in [3.8, 4) is 0 Å². The quantitative estimate of drug-likeness (QED) is 0.105. The lowest BCUT2D eigenvalue weighted by molar-refractivity contribution is 0.0533. The number of nitrogens with two attached hydrogens (primary N) is 1. The van der Waals surface area contributed by atoms with E-state index in [1.807, 2.05) is 41.5 Å². The third-order valence-electron chi connectivity index (χ3n) is 10.00. The summed E-state index contributed by atoms with van der Waals surface area (Å²) in [5.74, 6) is -0.541. The van der Waals surface area contributed by atoms with Gasteiger partial charge in [-0.3, -0.25) is 9.36 Å². The van der Waals surface area contributed by atoms with Gasteiger partial charge in [-0.1, -0.05) is 63.0 Å². The van der Waals surface area contributed by atoms with Gasteiger partial charge in [0.1, 0.15) is 27.0 Å². The van der Waals surface area contributed by atoms with Crippen molar-refractivity contribution in [3.05, 3.63) is 115 Å². The molecule has 0 aliphatic heterocycles. The lowest BCUT2D eigenvalue weighted by Crippen LogP contribution is -2.32. The second kappa shape index (κ2) is 24.4. The van der Waals surface area contributed by atoms with E-state index in [4.69, 9.17) is 33.7 Å². The summed E-state index contributed by atoms with van der Waals surface area (Å²) in [6, 6.07) is 9.80. The molecule has 3 N–H and O–H groups in total. The highest BCUT2D eigenvalue weighted by molar-refractivity contribution is 7.89. The van der Waals surface area contributed by atoms with Crippen molar-refractivity contribution in [1.82, 2.24) is 33.5 Å². The number of nitrogens with zero attached hydrogens (tertiary/aromatic N) is 6. The van der Waals surface area contributed by atoms with Crippen molar-refractivity contribution in [2.24, 2.45) is 5.73 Å². The van der Waals surface area contributed by atoms with Crippen LogP contribution >= 0.6 is 35.6 Å². The number of halogens is 5. The average Bonchev–Trinajstić information content (AvgIpc) is 3.65. The van der Waals surface area contributed by atoms with Crippen molar-refractivity contribution >= 4 is 61.7 Å². The zero-order valence-corrected chi connectivity index (χ0v) is 43.9. The maximum absolute atomic E-state index is 14.6. The number of carbonyl (C=O) groups is 1. The standard InChI is InChI=1S/C25H36ClFN4O4S.C20H28ClFN4O2S.ClH/c1-16(2)23-20(13-18-9-10-22(21(26)14-18)36(33,34)30(7)8)17(3)31(29-23)15-19(27)11-12-28-24(32)35-25(4,5)6;1-13(2)20-17(14(3)26(24-20)12-16(22)8-9-23)10-15-6-7-19(18(21)11-15)29(27,28)25(4)5;/h9-11,14,16H,12-13,15H2,1-8H3,(H,28,32);6-8,11,13H,9-10,12,23H2,1-5H3;1H/b19-11-;16-8-;. The summed E-state index contributed by atoms with van der Waals surface area (Å²) in [4.78, 5) is 11.8. The molecule has 0 fully saturated rings. The Morgan fingerprint density at radius 3 is 1.47 bits per heavy atom. The zero-order chi connectivity index (χ0) is 49.4. The van der Waals surface area contributed by atoms with Gasteiger partial charge in [0.2, 0.25) is 20.0 Å². The first-order chi connectivity index (χ1) is 30.0. The topological polar surface area (TPSA) is 175 Å². The summed E-state index contributed by atoms with van der Waals surface area (Å²) in [6.45, 7) is 17.2. The Morgan fingerprint density at radius 2 is 1.15 bits per heavy atom. The van der Waals surface area contributed by atoms with Gasteiger partial charge in [0.15, 0.2) is 0 Å². The number of rotatable bonds is 17. The second-order valence-electron chi connectivity index (χ2n) is 17.4. The summed E-state index contributed by atoms with van der Waals surface area (Å²) in [5, 5.41) is 12.0. The molecule has 0 spiro atoms. The Bertz CT molecular complexity index is 2600. The maximum Gasteiger partial charge on any atom is 0.407 e. The normalized spacial score (nSPS) is 12.8. The maximum atomic E-state index is 14.6. The number of hydrogen-bond donors (Lipinski definition) is 2. The van der Waals surface area contributed by atoms with Crippen molar-refractivity contribution in [3.63, 3.8) is 0 Å². The van der Waals surface area contributed by atoms with Crippen molar-refractivity contribution in [2.75, 3.05) is 41.3 Å². The van der Waals surface area contributed by atoms with Gasteiger partial charge in [0, 0.05) is 76.6 Å². The number of benzene rings is 2. The summed E-state index contributed by atoms with van der Waals surface area (Å²) >= 11 is 12.6. The fourth-order valence-electron chi connectivity index (χ4n) is 6.52. The van der Waals surface area contributed by atoms with E-state index in [-0.39, 0.29) is 76.1 Å². The summed E-state index contributed by atoms with van der Waals surface area (Å²) in [5.41, 5.74) is 11.7. The Hall–Kier alpha value is -3.88. The number of nitrogens with one attached hydrogen (secondary N) is 1. The van der Waals surface area contributed by atoms with Crippen LogP contribution in [0.2, 0.25) is 10.0 Å². The van der Waals surface area contributed by atoms with Crippen LogP contribution in [0.15, 0.2) is 70.0 Å². The van der Waals surface area contributed by atoms with Crippen LogP contribution in [0.3, 0.4) is 0 Å². The molecule has 21 heteroatoms. The van der Waals surface area contributed by atoms with Crippen LogP contribution in [0.5, 0.6) is 0 Å². The number of sulfonamides is 2.